The van der Waals surface area contributed by atoms with Gasteiger partial charge in [0.05, 0.1) is 11.6 Å². The number of piperazine rings is 1. The van der Waals surface area contributed by atoms with Crippen LogP contribution in [-0.2, 0) is 35.7 Å². The van der Waals surface area contributed by atoms with Gasteiger partial charge in [-0.1, -0.05) is 108 Å². The first-order chi connectivity index (χ1) is 29.7. The van der Waals surface area contributed by atoms with Gasteiger partial charge < -0.3 is 29.3 Å². The normalized spacial score (nSPS) is 15.6. The van der Waals surface area contributed by atoms with Crippen molar-refractivity contribution in [2.45, 2.75) is 52.0 Å². The van der Waals surface area contributed by atoms with E-state index in [0.29, 0.717) is 73.0 Å². The zero-order chi connectivity index (χ0) is 42.6. The Morgan fingerprint density at radius 2 is 1.44 bits per heavy atom. The third-order valence-electron chi connectivity index (χ3n) is 11.5. The number of likely N-dealkylation sites (tertiary alicyclic amines) is 1. The van der Waals surface area contributed by atoms with Crippen LogP contribution in [0.5, 0.6) is 11.5 Å². The van der Waals surface area contributed by atoms with Crippen molar-refractivity contribution in [3.05, 3.63) is 153 Å². The number of hydrogen-bond acceptors (Lipinski definition) is 7. The van der Waals surface area contributed by atoms with Gasteiger partial charge in [-0.25, -0.2) is 9.18 Å². The molecule has 0 bridgehead atoms. The summed E-state index contributed by atoms with van der Waals surface area (Å²) in [4.78, 5) is 34.0. The molecule has 2 aliphatic rings. The SMILES string of the molecule is CCOc1cccc(F)c1CN1CCN(C(=O)[C@H](NC(=O)OCc2ccccc2)C2CCN(CCc3cc(Cl)ccc3-c3cccc(Cl)c3OCc3ccccc3)CC2)CC1. The van der Waals surface area contributed by atoms with E-state index >= 15 is 0 Å². The molecule has 2 aliphatic heterocycles. The van der Waals surface area contributed by atoms with E-state index in [9.17, 15) is 14.0 Å². The molecule has 1 N–H and O–H groups in total. The number of amides is 2. The molecule has 2 heterocycles. The Labute approximate surface area is 368 Å². The molecule has 1 atom stereocenters. The van der Waals surface area contributed by atoms with Crippen LogP contribution >= 0.6 is 23.2 Å². The summed E-state index contributed by atoms with van der Waals surface area (Å²) in [6, 6.07) is 35.4. The highest BCUT2D eigenvalue weighted by Gasteiger charge is 2.37. The third kappa shape index (κ3) is 11.8. The number of nitrogens with zero attached hydrogens (tertiary/aromatic N) is 3. The number of alkyl carbamates (subject to hydrolysis) is 1. The Kier molecular flexibility index (Phi) is 15.6. The molecule has 12 heteroatoms. The highest BCUT2D eigenvalue weighted by atomic mass is 35.5. The van der Waals surface area contributed by atoms with E-state index in [1.807, 2.05) is 109 Å². The van der Waals surface area contributed by atoms with Crippen molar-refractivity contribution in [3.63, 3.8) is 0 Å². The van der Waals surface area contributed by atoms with Gasteiger partial charge in [0.15, 0.2) is 0 Å². The van der Waals surface area contributed by atoms with E-state index in [4.69, 9.17) is 37.4 Å². The van der Waals surface area contributed by atoms with Crippen LogP contribution in [0.4, 0.5) is 9.18 Å². The Morgan fingerprint density at radius 1 is 0.754 bits per heavy atom. The molecule has 0 aromatic heterocycles. The molecule has 9 nitrogen and oxygen atoms in total. The summed E-state index contributed by atoms with van der Waals surface area (Å²) in [5.74, 6) is 0.659. The van der Waals surface area contributed by atoms with Gasteiger partial charge in [0.1, 0.15) is 36.6 Å². The number of benzene rings is 5. The molecule has 320 valence electrons. The highest BCUT2D eigenvalue weighted by molar-refractivity contribution is 6.32. The third-order valence-corrected chi connectivity index (χ3v) is 12.1. The lowest BCUT2D eigenvalue weighted by Crippen LogP contribution is -2.58. The fraction of sp³-hybridized carbons (Fsp3) is 0.347. The van der Waals surface area contributed by atoms with E-state index in [-0.39, 0.29) is 24.2 Å². The van der Waals surface area contributed by atoms with Crippen LogP contribution < -0.4 is 14.8 Å². The minimum atomic E-state index is -0.746. The number of carbonyl (C=O) groups is 2. The molecular weight excluding hydrogens is 814 g/mol. The maximum atomic E-state index is 14.9. The van der Waals surface area contributed by atoms with Gasteiger partial charge in [-0.3, -0.25) is 9.69 Å². The minimum Gasteiger partial charge on any atom is -0.493 e. The van der Waals surface area contributed by atoms with Crippen LogP contribution in [0.25, 0.3) is 11.1 Å². The summed E-state index contributed by atoms with van der Waals surface area (Å²) >= 11 is 13.3. The van der Waals surface area contributed by atoms with Crippen LogP contribution in [0.3, 0.4) is 0 Å². The van der Waals surface area contributed by atoms with E-state index < -0.39 is 12.1 Å². The monoisotopic (exact) mass is 866 g/mol. The molecule has 0 spiro atoms. The fourth-order valence-electron chi connectivity index (χ4n) is 8.22. The molecule has 2 saturated heterocycles. The predicted octanol–water partition coefficient (Wildman–Crippen LogP) is 9.67. The second-order valence-corrected chi connectivity index (χ2v) is 16.4. The van der Waals surface area contributed by atoms with Crippen molar-refractivity contribution < 1.29 is 28.2 Å². The second-order valence-electron chi connectivity index (χ2n) is 15.6. The van der Waals surface area contributed by atoms with Crippen molar-refractivity contribution >= 4 is 35.2 Å². The number of halogens is 3. The first kappa shape index (κ1) is 43.9. The van der Waals surface area contributed by atoms with Crippen LogP contribution in [0.15, 0.2) is 115 Å². The van der Waals surface area contributed by atoms with Crippen LogP contribution in [-0.4, -0.2) is 85.2 Å². The van der Waals surface area contributed by atoms with E-state index in [0.717, 1.165) is 66.7 Å². The van der Waals surface area contributed by atoms with Crippen molar-refractivity contribution in [3.8, 4) is 22.6 Å². The van der Waals surface area contributed by atoms with Crippen molar-refractivity contribution in [1.82, 2.24) is 20.0 Å². The van der Waals surface area contributed by atoms with Crippen molar-refractivity contribution in [2.24, 2.45) is 5.92 Å². The standard InChI is InChI=1S/C49H53Cl2FN4O5/c1-2-59-45-18-10-17-44(52)42(45)32-55-27-29-56(30-28-55)48(57)46(53-49(58)61-34-36-13-7-4-8-14-36)37-21-24-54(25-22-37)26-23-38-31-39(50)19-20-40(38)41-15-9-16-43(51)47(41)60-33-35-11-5-3-6-12-35/h3-20,31,37,46H,2,21-30,32-34H2,1H3,(H,53,58)/t46-/m1/s1. The first-order valence-corrected chi connectivity index (χ1v) is 21.9. The van der Waals surface area contributed by atoms with Gasteiger partial charge in [-0.15, -0.1) is 0 Å². The molecule has 0 aliphatic carbocycles. The second kappa shape index (κ2) is 21.6. The van der Waals surface area contributed by atoms with Crippen LogP contribution in [0, 0.1) is 11.7 Å². The quantitative estimate of drug-likeness (QED) is 0.106. The summed E-state index contributed by atoms with van der Waals surface area (Å²) in [7, 11) is 0. The highest BCUT2D eigenvalue weighted by Crippen LogP contribution is 2.39. The van der Waals surface area contributed by atoms with Gasteiger partial charge in [-0.05, 0) is 97.8 Å². The first-order valence-electron chi connectivity index (χ1n) is 21.1. The molecule has 0 unspecified atom stereocenters. The predicted molar refractivity (Wildman–Crippen MR) is 239 cm³/mol. The number of rotatable bonds is 16. The van der Waals surface area contributed by atoms with Gasteiger partial charge >= 0.3 is 6.09 Å². The summed E-state index contributed by atoms with van der Waals surface area (Å²) in [5.41, 5.74) is 5.43. The molecule has 5 aromatic rings. The maximum absolute atomic E-state index is 14.9. The summed E-state index contributed by atoms with van der Waals surface area (Å²) in [5, 5.41) is 4.18. The lowest BCUT2D eigenvalue weighted by Gasteiger charge is -2.40. The Morgan fingerprint density at radius 3 is 2.15 bits per heavy atom. The van der Waals surface area contributed by atoms with Crippen LogP contribution in [0.2, 0.25) is 10.0 Å². The minimum absolute atomic E-state index is 0.0873. The van der Waals surface area contributed by atoms with Crippen molar-refractivity contribution in [2.75, 3.05) is 52.4 Å². The average Bonchev–Trinajstić information content (AvgIpc) is 3.28. The number of piperidine rings is 1. The van der Waals surface area contributed by atoms with E-state index in [1.165, 1.54) is 6.07 Å². The molecule has 5 aromatic carbocycles. The van der Waals surface area contributed by atoms with Gasteiger partial charge in [0, 0.05) is 55.4 Å². The van der Waals surface area contributed by atoms with Gasteiger partial charge in [0.25, 0.3) is 0 Å². The van der Waals surface area contributed by atoms with Gasteiger partial charge in [0.2, 0.25) is 5.91 Å². The summed E-state index contributed by atoms with van der Waals surface area (Å²) in [6.07, 6.45) is 1.56. The zero-order valence-electron chi connectivity index (χ0n) is 34.5. The number of hydrogen-bond donors (Lipinski definition) is 1. The average molecular weight is 868 g/mol. The number of para-hydroxylation sites is 1. The fourth-order valence-corrected chi connectivity index (χ4v) is 8.64. The topological polar surface area (TPSA) is 83.6 Å². The Hall–Kier alpha value is -5.13. The molecule has 0 saturated carbocycles. The lowest BCUT2D eigenvalue weighted by atomic mass is 9.88. The molecule has 0 radical (unpaired) electrons. The molecule has 7 rings (SSSR count). The zero-order valence-corrected chi connectivity index (χ0v) is 36.1. The van der Waals surface area contributed by atoms with E-state index in [1.54, 1.807) is 12.1 Å². The Bertz CT molecular complexity index is 2220. The van der Waals surface area contributed by atoms with Crippen molar-refractivity contribution in [1.29, 1.82) is 0 Å². The molecular formula is C49H53Cl2FN4O5. The number of ether oxygens (including phenoxy) is 3. The smallest absolute Gasteiger partial charge is 0.408 e. The Balaban J connectivity index is 0.994. The maximum Gasteiger partial charge on any atom is 0.408 e. The molecule has 61 heavy (non-hydrogen) atoms. The summed E-state index contributed by atoms with van der Waals surface area (Å²) in [6.45, 7) is 7.54. The van der Waals surface area contributed by atoms with E-state index in [2.05, 4.69) is 15.1 Å². The number of carbonyl (C=O) groups excluding carboxylic acids is 2. The number of nitrogens with one attached hydrogen (secondary N) is 1. The van der Waals surface area contributed by atoms with Gasteiger partial charge in [-0.2, -0.15) is 0 Å². The molecule has 2 amide bonds. The largest absolute Gasteiger partial charge is 0.493 e. The van der Waals surface area contributed by atoms with Crippen LogP contribution in [0.1, 0.15) is 42.0 Å². The lowest BCUT2D eigenvalue weighted by molar-refractivity contribution is -0.137. The summed E-state index contributed by atoms with van der Waals surface area (Å²) < 4.78 is 32.5. The molecule has 2 fully saturated rings.